The summed E-state index contributed by atoms with van der Waals surface area (Å²) in [6.07, 6.45) is -54.8. The third-order valence-corrected chi connectivity index (χ3v) is 12.9. The Morgan fingerprint density at radius 1 is 0.338 bits per heavy atom. The van der Waals surface area contributed by atoms with Crippen LogP contribution in [0.1, 0.15) is 82.9 Å². The van der Waals surface area contributed by atoms with Gasteiger partial charge in [0.15, 0.2) is 11.4 Å². The summed E-state index contributed by atoms with van der Waals surface area (Å²) in [5.74, 6) is 0.157. The molecule has 416 valence electrons. The number of Topliss-reactive ketones (excluding diaryl/α,β-unsaturated/α-hetero) is 1. The number of aromatic nitrogens is 1. The Morgan fingerprint density at radius 3 is 0.740 bits per heavy atom. The Hall–Kier alpha value is -6.70. The molecule has 0 saturated carbocycles. The van der Waals surface area contributed by atoms with Crippen molar-refractivity contribution in [2.45, 2.75) is 90.6 Å². The van der Waals surface area contributed by atoms with Gasteiger partial charge in [0.1, 0.15) is 6.15 Å². The summed E-state index contributed by atoms with van der Waals surface area (Å²) in [4.78, 5) is 12.4. The molecule has 6 aromatic rings. The highest BCUT2D eigenvalue weighted by molar-refractivity contribution is 7.20. The van der Waals surface area contributed by atoms with Crippen molar-refractivity contribution in [3.05, 3.63) is 181 Å². The van der Waals surface area contributed by atoms with Crippen molar-refractivity contribution < 1.29 is 115 Å². The van der Waals surface area contributed by atoms with Gasteiger partial charge in [-0.25, -0.2) is 0 Å². The van der Waals surface area contributed by atoms with E-state index in [4.69, 9.17) is 0 Å². The van der Waals surface area contributed by atoms with Gasteiger partial charge in [-0.1, -0.05) is 78.9 Å². The molecule has 0 aliphatic heterocycles. The van der Waals surface area contributed by atoms with Crippen LogP contribution < -0.4 is 26.4 Å². The van der Waals surface area contributed by atoms with Gasteiger partial charge in [0, 0.05) is 30.5 Å². The summed E-state index contributed by atoms with van der Waals surface area (Å²) >= 11 is 0. The zero-order valence-corrected chi connectivity index (χ0v) is 39.5. The summed E-state index contributed by atoms with van der Waals surface area (Å²) in [5.41, 5.74) is -23.2. The van der Waals surface area contributed by atoms with Crippen LogP contribution in [0.5, 0.6) is 0 Å². The lowest BCUT2D eigenvalue weighted by Crippen LogP contribution is -2.75. The number of ketones is 1. The molecule has 1 aromatic heterocycles. The van der Waals surface area contributed by atoms with Gasteiger partial charge in [-0.3, -0.25) is 4.79 Å². The van der Waals surface area contributed by atoms with Crippen molar-refractivity contribution >= 4 is 33.8 Å². The molecule has 5 aromatic carbocycles. The van der Waals surface area contributed by atoms with Crippen LogP contribution in [-0.2, 0) is 56.0 Å². The number of rotatable bonds is 7. The fraction of sp³-hybridized carbons (Fsp3) is 0.280. The van der Waals surface area contributed by atoms with Crippen molar-refractivity contribution in [3.8, 4) is 0 Å². The first-order valence-corrected chi connectivity index (χ1v) is 21.6. The minimum absolute atomic E-state index is 0.157. The molecular weight excluding hydrogens is 1100 g/mol. The number of halogens is 24. The molecule has 0 fully saturated rings. The molecule has 0 saturated heterocycles. The minimum Gasteiger partial charge on any atom is -0.287 e. The van der Waals surface area contributed by atoms with Crippen LogP contribution in [0.3, 0.4) is 0 Å². The quantitative estimate of drug-likeness (QED) is 0.0675. The molecule has 6 rings (SSSR count). The van der Waals surface area contributed by atoms with Crippen LogP contribution >= 0.6 is 0 Å². The zero-order valence-electron chi connectivity index (χ0n) is 39.5. The Bertz CT molecular complexity index is 2710. The van der Waals surface area contributed by atoms with E-state index in [1.54, 1.807) is 0 Å². The molecule has 0 spiro atoms. The zero-order chi connectivity index (χ0) is 58.8. The lowest BCUT2D eigenvalue weighted by Gasteiger charge is -2.46. The molecule has 0 aliphatic rings. The second-order valence-corrected chi connectivity index (χ2v) is 17.6. The van der Waals surface area contributed by atoms with Gasteiger partial charge < -0.3 is 0 Å². The number of carbonyl (C=O) groups excluding carboxylic acids is 1. The third kappa shape index (κ3) is 13.4. The topological polar surface area (TPSA) is 20.9 Å². The first-order valence-electron chi connectivity index (χ1n) is 21.6. The van der Waals surface area contributed by atoms with E-state index in [-0.39, 0.29) is 5.78 Å². The van der Waals surface area contributed by atoms with Crippen LogP contribution in [0.4, 0.5) is 105 Å². The molecule has 0 amide bonds. The molecule has 0 bridgehead atoms. The average molecular weight is 1130 g/mol. The Morgan fingerprint density at radius 2 is 0.545 bits per heavy atom. The number of benzene rings is 5. The molecule has 0 aliphatic carbocycles. The van der Waals surface area contributed by atoms with Crippen molar-refractivity contribution in [3.63, 3.8) is 0 Å². The third-order valence-electron chi connectivity index (χ3n) is 12.9. The molecule has 1 heterocycles. The molecule has 0 atom stereocenters. The Balaban J connectivity index is 0.000000455. The predicted octanol–water partition coefficient (Wildman–Crippen LogP) is 14.6. The highest BCUT2D eigenvalue weighted by Gasteiger charge is 2.47. The lowest BCUT2D eigenvalue weighted by molar-refractivity contribution is -0.695. The molecule has 27 heteroatoms. The average Bonchev–Trinajstić information content (AvgIpc) is 3.29. The highest BCUT2D eigenvalue weighted by atomic mass is 19.4. The fourth-order valence-corrected chi connectivity index (χ4v) is 8.65. The summed E-state index contributed by atoms with van der Waals surface area (Å²) in [6.45, 7) is 11.0. The SMILES string of the molecule is Cc1c(C)c(C)[n+](CC(=O)c2ccccc2)c(C)c1C.FC(F)(F)c1cc([B-](c2cc(C(F)(F)F)cc(C(F)(F)F)c2)(c2cc(C(F)(F)F)cc(C(F)(F)F)c2)c2cc(C(F)(F)F)cc(C(F)(F)F)c2)cc(C(F)(F)F)c1. The maximum atomic E-state index is 14.2. The first kappa shape index (κ1) is 61.2. The summed E-state index contributed by atoms with van der Waals surface area (Å²) in [5, 5.41) is 0. The van der Waals surface area contributed by atoms with Crippen molar-refractivity contribution in [2.24, 2.45) is 0 Å². The first-order chi connectivity index (χ1) is 34.7. The van der Waals surface area contributed by atoms with Gasteiger partial charge in [-0.05, 0) is 50.6 Å². The molecular formula is C50H34BF24NO. The van der Waals surface area contributed by atoms with Gasteiger partial charge in [-0.15, -0.1) is 0 Å². The Labute approximate surface area is 419 Å². The van der Waals surface area contributed by atoms with Gasteiger partial charge in [0.05, 0.1) is 44.5 Å². The number of hydrogen-bond acceptors (Lipinski definition) is 1. The maximum absolute atomic E-state index is 14.2. The number of hydrogen-bond donors (Lipinski definition) is 0. The van der Waals surface area contributed by atoms with E-state index in [1.807, 2.05) is 30.3 Å². The number of nitrogens with zero attached hydrogens (tertiary/aromatic N) is 1. The van der Waals surface area contributed by atoms with E-state index in [0.717, 1.165) is 5.56 Å². The second kappa shape index (κ2) is 20.6. The summed E-state index contributed by atoms with van der Waals surface area (Å²) in [6, 6.07) is 0.686. The van der Waals surface area contributed by atoms with Crippen molar-refractivity contribution in [1.82, 2.24) is 0 Å². The highest BCUT2D eigenvalue weighted by Crippen LogP contribution is 2.41. The van der Waals surface area contributed by atoms with E-state index in [2.05, 4.69) is 39.2 Å². The van der Waals surface area contributed by atoms with E-state index in [9.17, 15) is 110 Å². The van der Waals surface area contributed by atoms with Gasteiger partial charge in [-0.2, -0.15) is 132 Å². The van der Waals surface area contributed by atoms with Crippen molar-refractivity contribution in [2.75, 3.05) is 0 Å². The Kier molecular flexibility index (Phi) is 16.4. The summed E-state index contributed by atoms with van der Waals surface area (Å²) < 4.78 is 343. The monoisotopic (exact) mass is 1130 g/mol. The predicted molar refractivity (Wildman–Crippen MR) is 231 cm³/mol. The standard InChI is InChI=1S/C32H12BF24.C18H22NO/c34-25(35,36)13-1-14(26(37,38)39)6-21(5-13)33(22-7-15(27(40,41)42)2-16(8-22)28(43,44)45,23-9-17(29(46,47)48)3-18(10-23)30(49,50)51)24-11-19(31(52,53)54)4-20(12-24)32(55,56)57;1-12-13(2)15(4)19(16(5)14(12)3)11-18(20)17-9-7-6-8-10-17/h1-12H;6-10H,11H2,1-5H3/q-1;+1. The largest absolute Gasteiger partial charge is 0.416 e. The number of carbonyl (C=O) groups is 1. The van der Waals surface area contributed by atoms with E-state index in [1.165, 1.54) is 28.1 Å². The van der Waals surface area contributed by atoms with Crippen LogP contribution in [0.25, 0.3) is 0 Å². The normalized spacial score (nSPS) is 13.4. The van der Waals surface area contributed by atoms with Crippen LogP contribution in [-0.4, -0.2) is 11.9 Å². The van der Waals surface area contributed by atoms with Crippen LogP contribution in [0.15, 0.2) is 103 Å². The van der Waals surface area contributed by atoms with Gasteiger partial charge in [0.2, 0.25) is 12.3 Å². The van der Waals surface area contributed by atoms with Gasteiger partial charge in [0.25, 0.3) is 0 Å². The minimum atomic E-state index is -6.13. The molecule has 0 unspecified atom stereocenters. The maximum Gasteiger partial charge on any atom is 0.416 e. The molecule has 0 radical (unpaired) electrons. The van der Waals surface area contributed by atoms with E-state index < -0.39 is 195 Å². The fourth-order valence-electron chi connectivity index (χ4n) is 8.65. The smallest absolute Gasteiger partial charge is 0.287 e. The van der Waals surface area contributed by atoms with E-state index >= 15 is 0 Å². The molecule has 2 nitrogen and oxygen atoms in total. The van der Waals surface area contributed by atoms with Gasteiger partial charge >= 0.3 is 49.4 Å². The van der Waals surface area contributed by atoms with E-state index in [0.29, 0.717) is 6.54 Å². The number of pyridine rings is 1. The molecule has 0 N–H and O–H groups in total. The second-order valence-electron chi connectivity index (χ2n) is 17.6. The van der Waals surface area contributed by atoms with Crippen molar-refractivity contribution in [1.29, 1.82) is 0 Å². The van der Waals surface area contributed by atoms with Crippen LogP contribution in [0, 0.1) is 34.6 Å². The molecule has 77 heavy (non-hydrogen) atoms. The van der Waals surface area contributed by atoms with Crippen LogP contribution in [0.2, 0.25) is 0 Å². The lowest BCUT2D eigenvalue weighted by atomic mass is 9.12. The summed E-state index contributed by atoms with van der Waals surface area (Å²) in [7, 11) is 0. The number of alkyl halides is 24.